The second kappa shape index (κ2) is 13.7. The van der Waals surface area contributed by atoms with Gasteiger partial charge in [0.1, 0.15) is 0 Å². The number of hydrogen-bond donors (Lipinski definition) is 0. The highest BCUT2D eigenvalue weighted by atomic mass is 15.2. The Kier molecular flexibility index (Phi) is 8.01. The van der Waals surface area contributed by atoms with Crippen LogP contribution in [0.5, 0.6) is 0 Å². The average Bonchev–Trinajstić information content (AvgIpc) is 3.30. The van der Waals surface area contributed by atoms with Crippen LogP contribution in [-0.4, -0.2) is 15.0 Å². The minimum Gasteiger partial charge on any atom is -0.310 e. The lowest BCUT2D eigenvalue weighted by molar-refractivity contribution is -0.0419. The standard InChI is InChI=1S/C55H44N4/c1-4-14-38(15-5-1)40-18-12-20-43(33-40)53-56-52(39-16-6-2-7-17-39)57-54(58-53)44-21-13-19-41(34-44)42-26-27-49-51(35-42)59(47-22-8-3-9-23-47)50-25-11-10-24-48(50)55(49)45-29-36-28-37(31-45)32-46(55)30-36/h1-27,33-37,45-46H,28-32H2. The molecule has 0 N–H and O–H groups in total. The monoisotopic (exact) mass is 760 g/mol. The maximum atomic E-state index is 5.18. The third kappa shape index (κ3) is 5.61. The predicted octanol–water partition coefficient (Wildman–Crippen LogP) is 13.7. The topological polar surface area (TPSA) is 41.9 Å². The lowest BCUT2D eigenvalue weighted by Crippen LogP contribution is -2.57. The summed E-state index contributed by atoms with van der Waals surface area (Å²) in [5, 5.41) is 0. The normalized spacial score (nSPS) is 22.3. The summed E-state index contributed by atoms with van der Waals surface area (Å²) in [5.41, 5.74) is 14.5. The highest BCUT2D eigenvalue weighted by molar-refractivity contribution is 5.89. The van der Waals surface area contributed by atoms with Gasteiger partial charge in [0, 0.05) is 27.8 Å². The van der Waals surface area contributed by atoms with E-state index in [0.717, 1.165) is 45.2 Å². The number of para-hydroxylation sites is 2. The summed E-state index contributed by atoms with van der Waals surface area (Å²) in [6.07, 6.45) is 6.85. The summed E-state index contributed by atoms with van der Waals surface area (Å²) < 4.78 is 0. The fourth-order valence-corrected chi connectivity index (χ4v) is 11.9. The van der Waals surface area contributed by atoms with Crippen LogP contribution >= 0.6 is 0 Å². The van der Waals surface area contributed by atoms with Gasteiger partial charge in [0.15, 0.2) is 17.5 Å². The van der Waals surface area contributed by atoms with Gasteiger partial charge < -0.3 is 4.90 Å². The first-order valence-corrected chi connectivity index (χ1v) is 21.4. The second-order valence-corrected chi connectivity index (χ2v) is 17.3. The van der Waals surface area contributed by atoms with E-state index in [4.69, 9.17) is 15.0 Å². The van der Waals surface area contributed by atoms with Crippen molar-refractivity contribution < 1.29 is 0 Å². The third-order valence-electron chi connectivity index (χ3n) is 14.1. The number of anilines is 3. The molecule has 5 aliphatic rings. The molecule has 4 bridgehead atoms. The fourth-order valence-electron chi connectivity index (χ4n) is 11.9. The van der Waals surface area contributed by atoms with Crippen LogP contribution < -0.4 is 4.90 Å². The van der Waals surface area contributed by atoms with Gasteiger partial charge in [-0.15, -0.1) is 0 Å². The van der Waals surface area contributed by atoms with E-state index in [-0.39, 0.29) is 5.41 Å². The van der Waals surface area contributed by atoms with Gasteiger partial charge in [0.25, 0.3) is 0 Å². The van der Waals surface area contributed by atoms with E-state index >= 15 is 0 Å². The summed E-state index contributed by atoms with van der Waals surface area (Å²) in [7, 11) is 0. The van der Waals surface area contributed by atoms with E-state index in [2.05, 4.69) is 163 Å². The molecule has 4 heteroatoms. The molecule has 0 saturated heterocycles. The molecule has 0 amide bonds. The highest BCUT2D eigenvalue weighted by Crippen LogP contribution is 2.69. The second-order valence-electron chi connectivity index (χ2n) is 17.3. The van der Waals surface area contributed by atoms with Crippen molar-refractivity contribution in [1.82, 2.24) is 15.0 Å². The summed E-state index contributed by atoms with van der Waals surface area (Å²) in [6, 6.07) is 65.7. The van der Waals surface area contributed by atoms with E-state index in [0.29, 0.717) is 29.3 Å². The van der Waals surface area contributed by atoms with Crippen LogP contribution in [0.4, 0.5) is 17.1 Å². The first kappa shape index (κ1) is 34.4. The molecule has 1 spiro atoms. The van der Waals surface area contributed by atoms with E-state index < -0.39 is 0 Å². The van der Waals surface area contributed by atoms with Crippen LogP contribution in [0.2, 0.25) is 0 Å². The summed E-state index contributed by atoms with van der Waals surface area (Å²) >= 11 is 0. The molecule has 7 aromatic carbocycles. The van der Waals surface area contributed by atoms with E-state index in [1.807, 2.05) is 24.3 Å². The molecule has 8 aromatic rings. The number of benzene rings is 7. The third-order valence-corrected chi connectivity index (χ3v) is 14.1. The van der Waals surface area contributed by atoms with Crippen LogP contribution in [0, 0.1) is 23.7 Å². The first-order valence-electron chi connectivity index (χ1n) is 21.4. The molecule has 0 radical (unpaired) electrons. The number of nitrogens with zero attached hydrogens (tertiary/aromatic N) is 4. The van der Waals surface area contributed by atoms with E-state index in [1.165, 1.54) is 65.9 Å². The van der Waals surface area contributed by atoms with Gasteiger partial charge >= 0.3 is 0 Å². The molecule has 4 fully saturated rings. The van der Waals surface area contributed by atoms with Crippen LogP contribution in [0.25, 0.3) is 56.4 Å². The molecule has 1 aliphatic heterocycles. The van der Waals surface area contributed by atoms with E-state index in [9.17, 15) is 0 Å². The molecule has 0 atom stereocenters. The van der Waals surface area contributed by atoms with Gasteiger partial charge in [-0.25, -0.2) is 15.0 Å². The largest absolute Gasteiger partial charge is 0.310 e. The Bertz CT molecular complexity index is 2820. The minimum atomic E-state index is 0.0396. The summed E-state index contributed by atoms with van der Waals surface area (Å²) in [6.45, 7) is 0. The number of fused-ring (bicyclic) bond motifs is 2. The summed E-state index contributed by atoms with van der Waals surface area (Å²) in [4.78, 5) is 17.9. The van der Waals surface area contributed by atoms with Gasteiger partial charge in [-0.2, -0.15) is 0 Å². The molecule has 4 saturated carbocycles. The Morgan fingerprint density at radius 3 is 1.44 bits per heavy atom. The zero-order chi connectivity index (χ0) is 38.9. The van der Waals surface area contributed by atoms with Crippen LogP contribution in [0.1, 0.15) is 43.2 Å². The summed E-state index contributed by atoms with van der Waals surface area (Å²) in [5.74, 6) is 5.10. The first-order chi connectivity index (χ1) is 29.2. The minimum absolute atomic E-state index is 0.0396. The van der Waals surface area contributed by atoms with Crippen molar-refractivity contribution in [3.63, 3.8) is 0 Å². The zero-order valence-corrected chi connectivity index (χ0v) is 33.0. The maximum absolute atomic E-state index is 5.18. The Balaban J connectivity index is 1.00. The van der Waals surface area contributed by atoms with Gasteiger partial charge in [0.05, 0.1) is 11.4 Å². The van der Waals surface area contributed by atoms with Gasteiger partial charge in [-0.05, 0) is 126 Å². The van der Waals surface area contributed by atoms with Crippen molar-refractivity contribution in [2.45, 2.75) is 37.5 Å². The van der Waals surface area contributed by atoms with Crippen molar-refractivity contribution in [2.24, 2.45) is 23.7 Å². The molecule has 4 nitrogen and oxygen atoms in total. The van der Waals surface area contributed by atoms with Crippen molar-refractivity contribution in [2.75, 3.05) is 4.90 Å². The molecular weight excluding hydrogens is 717 g/mol. The van der Waals surface area contributed by atoms with Crippen molar-refractivity contribution in [3.05, 3.63) is 193 Å². The molecule has 59 heavy (non-hydrogen) atoms. The Morgan fingerprint density at radius 1 is 0.356 bits per heavy atom. The lowest BCUT2D eigenvalue weighted by atomic mass is 9.41. The lowest BCUT2D eigenvalue weighted by Gasteiger charge is -2.64. The Morgan fingerprint density at radius 2 is 0.814 bits per heavy atom. The van der Waals surface area contributed by atoms with Crippen molar-refractivity contribution >= 4 is 17.1 Å². The number of aromatic nitrogens is 3. The molecule has 0 unspecified atom stereocenters. The zero-order valence-electron chi connectivity index (χ0n) is 33.0. The quantitative estimate of drug-likeness (QED) is 0.169. The molecule has 284 valence electrons. The van der Waals surface area contributed by atoms with Gasteiger partial charge in [-0.3, -0.25) is 0 Å². The Hall–Kier alpha value is -6.65. The Labute approximate surface area is 346 Å². The van der Waals surface area contributed by atoms with Crippen molar-refractivity contribution in [3.8, 4) is 56.4 Å². The fraction of sp³-hybridized carbons (Fsp3) is 0.182. The SMILES string of the molecule is c1ccc(-c2cccc(-c3nc(-c4ccccc4)nc(-c4cccc(-c5ccc6c(c5)N(c5ccccc5)c5ccccc5C65C6CC7CC(C6)CC5C7)c4)n3)c2)cc1. The van der Waals surface area contributed by atoms with Crippen LogP contribution in [0.15, 0.2) is 182 Å². The molecule has 4 aliphatic carbocycles. The molecular formula is C55H44N4. The predicted molar refractivity (Wildman–Crippen MR) is 240 cm³/mol. The smallest absolute Gasteiger partial charge is 0.164 e. The molecule has 1 aromatic heterocycles. The van der Waals surface area contributed by atoms with Crippen molar-refractivity contribution in [1.29, 1.82) is 0 Å². The van der Waals surface area contributed by atoms with Gasteiger partial charge in [-0.1, -0.05) is 146 Å². The van der Waals surface area contributed by atoms with Crippen LogP contribution in [0.3, 0.4) is 0 Å². The van der Waals surface area contributed by atoms with E-state index in [1.54, 1.807) is 0 Å². The maximum Gasteiger partial charge on any atom is 0.164 e. The van der Waals surface area contributed by atoms with Crippen LogP contribution in [-0.2, 0) is 5.41 Å². The number of hydrogen-bond acceptors (Lipinski definition) is 4. The van der Waals surface area contributed by atoms with Gasteiger partial charge in [0.2, 0.25) is 0 Å². The highest BCUT2D eigenvalue weighted by Gasteiger charge is 2.61. The molecule has 2 heterocycles. The average molecular weight is 761 g/mol. The number of rotatable bonds is 6. The molecule has 13 rings (SSSR count).